The molecule has 4 rings (SSSR count). The van der Waals surface area contributed by atoms with E-state index in [2.05, 4.69) is 51.1 Å². The van der Waals surface area contributed by atoms with Crippen LogP contribution >= 0.6 is 0 Å². The second-order valence-electron chi connectivity index (χ2n) is 8.24. The molecule has 7 heteroatoms. The van der Waals surface area contributed by atoms with Crippen LogP contribution in [0.3, 0.4) is 0 Å². The molecule has 0 unspecified atom stereocenters. The number of fused-ring (bicyclic) bond motifs is 1. The normalized spacial score (nSPS) is 13.0. The average Bonchev–Trinajstić information content (AvgIpc) is 3.29. The lowest BCUT2D eigenvalue weighted by Crippen LogP contribution is -2.20. The summed E-state index contributed by atoms with van der Waals surface area (Å²) in [7, 11) is 0. The first-order chi connectivity index (χ1) is 13.8. The summed E-state index contributed by atoms with van der Waals surface area (Å²) in [6.45, 7) is 8.87. The van der Waals surface area contributed by atoms with Crippen molar-refractivity contribution in [2.75, 3.05) is 27.5 Å². The Morgan fingerprint density at radius 2 is 1.86 bits per heavy atom. The zero-order valence-corrected chi connectivity index (χ0v) is 17.0. The van der Waals surface area contributed by atoms with Gasteiger partial charge in [-0.15, -0.1) is 0 Å². The van der Waals surface area contributed by atoms with E-state index < -0.39 is 0 Å². The molecule has 29 heavy (non-hydrogen) atoms. The molecule has 1 aromatic heterocycles. The maximum absolute atomic E-state index is 12.3. The predicted molar refractivity (Wildman–Crippen MR) is 116 cm³/mol. The smallest absolute Gasteiger partial charge is 0.324 e. The van der Waals surface area contributed by atoms with Crippen LogP contribution in [-0.2, 0) is 5.41 Å². The molecule has 0 saturated heterocycles. The van der Waals surface area contributed by atoms with Gasteiger partial charge in [0.25, 0.3) is 0 Å². The first kappa shape index (κ1) is 18.9. The van der Waals surface area contributed by atoms with Crippen LogP contribution in [0.1, 0.15) is 32.1 Å². The number of benzene rings is 2. The summed E-state index contributed by atoms with van der Waals surface area (Å²) in [5.74, 6) is 1.10. The number of aromatic nitrogens is 1. The molecular weight excluding hydrogens is 366 g/mol. The van der Waals surface area contributed by atoms with Crippen LogP contribution in [0, 0.1) is 6.92 Å². The van der Waals surface area contributed by atoms with Crippen molar-refractivity contribution in [2.24, 2.45) is 0 Å². The topological polar surface area (TPSA) is 82.4 Å². The lowest BCUT2D eigenvalue weighted by atomic mass is 9.93. The van der Waals surface area contributed by atoms with Gasteiger partial charge in [-0.05, 0) is 48.9 Å². The number of nitrogens with one attached hydrogen (secondary N) is 3. The lowest BCUT2D eigenvalue weighted by molar-refractivity contribution is 0.262. The molecule has 2 aromatic carbocycles. The van der Waals surface area contributed by atoms with Crippen molar-refractivity contribution in [3.05, 3.63) is 59.9 Å². The van der Waals surface area contributed by atoms with Gasteiger partial charge in [0.1, 0.15) is 5.76 Å². The number of aryl methyl sites for hydroxylation is 1. The average molecular weight is 391 g/mol. The van der Waals surface area contributed by atoms with E-state index in [1.165, 1.54) is 5.56 Å². The van der Waals surface area contributed by atoms with Crippen molar-refractivity contribution in [1.29, 1.82) is 0 Å². The molecular formula is C22H25N5O2. The number of anilines is 5. The van der Waals surface area contributed by atoms with Gasteiger partial charge in [0.05, 0.1) is 18.0 Å². The number of hydrogen-bond acceptors (Lipinski definition) is 5. The molecule has 0 aliphatic carbocycles. The molecule has 2 heterocycles. The molecule has 0 saturated carbocycles. The van der Waals surface area contributed by atoms with Crippen LogP contribution < -0.4 is 20.9 Å². The molecule has 0 spiro atoms. The van der Waals surface area contributed by atoms with Gasteiger partial charge >= 0.3 is 6.03 Å². The van der Waals surface area contributed by atoms with Crippen molar-refractivity contribution in [1.82, 2.24) is 5.16 Å². The first-order valence-electron chi connectivity index (χ1n) is 9.57. The molecule has 3 N–H and O–H groups in total. The third-order valence-electron chi connectivity index (χ3n) is 4.80. The van der Waals surface area contributed by atoms with Gasteiger partial charge < -0.3 is 20.1 Å². The Labute approximate surface area is 170 Å². The molecule has 0 bridgehead atoms. The summed E-state index contributed by atoms with van der Waals surface area (Å²) in [5, 5.41) is 12.8. The molecule has 7 nitrogen and oxygen atoms in total. The van der Waals surface area contributed by atoms with Gasteiger partial charge in [-0.2, -0.15) is 0 Å². The first-order valence-corrected chi connectivity index (χ1v) is 9.57. The highest BCUT2D eigenvalue weighted by molar-refractivity contribution is 5.99. The predicted octanol–water partition coefficient (Wildman–Crippen LogP) is 5.45. The fourth-order valence-electron chi connectivity index (χ4n) is 3.20. The van der Waals surface area contributed by atoms with Gasteiger partial charge in [0.15, 0.2) is 5.82 Å². The van der Waals surface area contributed by atoms with E-state index in [9.17, 15) is 4.79 Å². The third-order valence-corrected chi connectivity index (χ3v) is 4.80. The Morgan fingerprint density at radius 3 is 2.55 bits per heavy atom. The van der Waals surface area contributed by atoms with E-state index in [1.54, 1.807) is 6.07 Å². The summed E-state index contributed by atoms with van der Waals surface area (Å²) >= 11 is 0. The van der Waals surface area contributed by atoms with Crippen LogP contribution in [0.15, 0.2) is 53.1 Å². The minimum atomic E-state index is -0.366. The van der Waals surface area contributed by atoms with E-state index in [4.69, 9.17) is 4.52 Å². The zero-order chi connectivity index (χ0) is 20.6. The van der Waals surface area contributed by atoms with Crippen LogP contribution in [0.25, 0.3) is 0 Å². The lowest BCUT2D eigenvalue weighted by Gasteiger charge is -2.18. The van der Waals surface area contributed by atoms with E-state index >= 15 is 0 Å². The van der Waals surface area contributed by atoms with Crippen molar-refractivity contribution in [2.45, 2.75) is 33.1 Å². The highest BCUT2D eigenvalue weighted by Gasteiger charge is 2.21. The number of hydrogen-bond donors (Lipinski definition) is 3. The number of nitrogens with zero attached hydrogens (tertiary/aromatic N) is 2. The van der Waals surface area contributed by atoms with E-state index in [0.717, 1.165) is 17.1 Å². The Bertz CT molecular complexity index is 1030. The van der Waals surface area contributed by atoms with Crippen LogP contribution in [0.5, 0.6) is 0 Å². The fourth-order valence-corrected chi connectivity index (χ4v) is 3.20. The minimum Gasteiger partial charge on any atom is -0.366 e. The summed E-state index contributed by atoms with van der Waals surface area (Å²) in [5.41, 5.74) is 5.09. The Kier molecular flexibility index (Phi) is 4.66. The van der Waals surface area contributed by atoms with E-state index in [0.29, 0.717) is 23.9 Å². The molecule has 1 aliphatic rings. The molecule has 1 aliphatic heterocycles. The van der Waals surface area contributed by atoms with E-state index in [-0.39, 0.29) is 11.4 Å². The quantitative estimate of drug-likeness (QED) is 0.553. The Morgan fingerprint density at radius 1 is 1.10 bits per heavy atom. The van der Waals surface area contributed by atoms with Gasteiger partial charge in [-0.25, -0.2) is 4.79 Å². The summed E-state index contributed by atoms with van der Waals surface area (Å²) < 4.78 is 5.28. The zero-order valence-electron chi connectivity index (χ0n) is 17.0. The molecule has 0 atom stereocenters. The van der Waals surface area contributed by atoms with Crippen LogP contribution in [0.2, 0.25) is 0 Å². The maximum Gasteiger partial charge on any atom is 0.324 e. The SMILES string of the molecule is Cc1ccc2c(c1)NCN2c1ccc(NC(=O)Nc2cc(C(C)(C)C)on2)cc1. The number of carbonyl (C=O) groups is 1. The summed E-state index contributed by atoms with van der Waals surface area (Å²) in [4.78, 5) is 14.4. The largest absolute Gasteiger partial charge is 0.366 e. The molecule has 3 aromatic rings. The number of rotatable bonds is 3. The van der Waals surface area contributed by atoms with Crippen molar-refractivity contribution < 1.29 is 9.32 Å². The highest BCUT2D eigenvalue weighted by Crippen LogP contribution is 2.37. The van der Waals surface area contributed by atoms with Gasteiger partial charge in [-0.1, -0.05) is 32.0 Å². The number of carbonyl (C=O) groups excluding carboxylic acids is 1. The summed E-state index contributed by atoms with van der Waals surface area (Å²) in [6.07, 6.45) is 0. The number of urea groups is 1. The van der Waals surface area contributed by atoms with Crippen LogP contribution in [0.4, 0.5) is 33.4 Å². The molecule has 2 amide bonds. The third kappa shape index (κ3) is 4.03. The maximum atomic E-state index is 12.3. The minimum absolute atomic E-state index is 0.166. The van der Waals surface area contributed by atoms with E-state index in [1.807, 2.05) is 45.0 Å². The van der Waals surface area contributed by atoms with Crippen molar-refractivity contribution in [3.8, 4) is 0 Å². The standard InChI is InChI=1S/C22H25N5O2/c1-14-5-10-18-17(11-14)23-13-27(18)16-8-6-15(7-9-16)24-21(28)25-20-12-19(29-26-20)22(2,3)4/h5-12,23H,13H2,1-4H3,(H2,24,25,26,28). The number of amides is 2. The Balaban J connectivity index is 1.40. The fraction of sp³-hybridized carbons (Fsp3) is 0.273. The van der Waals surface area contributed by atoms with Gasteiger partial charge in [0, 0.05) is 22.9 Å². The molecule has 150 valence electrons. The second-order valence-corrected chi connectivity index (χ2v) is 8.24. The van der Waals surface area contributed by atoms with Crippen LogP contribution in [-0.4, -0.2) is 17.9 Å². The van der Waals surface area contributed by atoms with Crippen molar-refractivity contribution in [3.63, 3.8) is 0 Å². The molecule has 0 radical (unpaired) electrons. The van der Waals surface area contributed by atoms with Gasteiger partial charge in [-0.3, -0.25) is 5.32 Å². The van der Waals surface area contributed by atoms with Gasteiger partial charge in [0.2, 0.25) is 0 Å². The second kappa shape index (κ2) is 7.16. The summed E-state index contributed by atoms with van der Waals surface area (Å²) in [6, 6.07) is 15.5. The van der Waals surface area contributed by atoms with Crippen molar-refractivity contribution >= 4 is 34.6 Å². The highest BCUT2D eigenvalue weighted by atomic mass is 16.5. The Hall–Kier alpha value is -3.48. The monoisotopic (exact) mass is 391 g/mol. The molecule has 0 fully saturated rings.